The molecule has 0 aliphatic heterocycles. The first kappa shape index (κ1) is 13.5. The van der Waals surface area contributed by atoms with E-state index in [4.69, 9.17) is 9.47 Å². The number of hydrogen-bond donors (Lipinski definition) is 1. The Bertz CT molecular complexity index is 339. The Balaban J connectivity index is 2.94. The van der Waals surface area contributed by atoms with Gasteiger partial charge in [0, 0.05) is 6.54 Å². The lowest BCUT2D eigenvalue weighted by atomic mass is 10.2. The number of rotatable bonds is 5. The van der Waals surface area contributed by atoms with Crippen molar-refractivity contribution >= 4 is 5.95 Å². The Hall–Kier alpha value is -1.59. The van der Waals surface area contributed by atoms with Crippen molar-refractivity contribution in [3.8, 4) is 12.0 Å². The fraction of sp³-hybridized carbons (Fsp3) is 0.727. The monoisotopic (exact) mass is 240 g/mol. The van der Waals surface area contributed by atoms with E-state index in [1.54, 1.807) is 0 Å². The van der Waals surface area contributed by atoms with E-state index in [-0.39, 0.29) is 17.6 Å². The molecule has 0 aliphatic carbocycles. The lowest BCUT2D eigenvalue weighted by molar-refractivity contribution is 0.114. The Labute approximate surface area is 102 Å². The minimum Gasteiger partial charge on any atom is -0.464 e. The molecule has 6 heteroatoms. The molecule has 0 bridgehead atoms. The zero-order valence-electron chi connectivity index (χ0n) is 11.1. The number of ether oxygens (including phenoxy) is 2. The van der Waals surface area contributed by atoms with Gasteiger partial charge in [0.1, 0.15) is 5.60 Å². The van der Waals surface area contributed by atoms with E-state index < -0.39 is 0 Å². The number of aromatic nitrogens is 3. The topological polar surface area (TPSA) is 69.2 Å². The SMILES string of the molecule is CCNc1nc(OCC)nc(OC(C)(C)C)n1. The van der Waals surface area contributed by atoms with Crippen molar-refractivity contribution in [2.24, 2.45) is 0 Å². The average Bonchev–Trinajstić information content (AvgIpc) is 2.15. The minimum atomic E-state index is -0.353. The first-order valence-corrected chi connectivity index (χ1v) is 5.76. The molecule has 0 aliphatic rings. The lowest BCUT2D eigenvalue weighted by Crippen LogP contribution is -2.24. The van der Waals surface area contributed by atoms with Crippen molar-refractivity contribution < 1.29 is 9.47 Å². The van der Waals surface area contributed by atoms with Gasteiger partial charge in [0.25, 0.3) is 0 Å². The van der Waals surface area contributed by atoms with Gasteiger partial charge in [0.2, 0.25) is 5.95 Å². The van der Waals surface area contributed by atoms with Gasteiger partial charge in [-0.15, -0.1) is 4.98 Å². The van der Waals surface area contributed by atoms with E-state index in [1.165, 1.54) is 0 Å². The summed E-state index contributed by atoms with van der Waals surface area (Å²) in [6.45, 7) is 10.9. The second-order valence-electron chi connectivity index (χ2n) is 4.40. The second-order valence-corrected chi connectivity index (χ2v) is 4.40. The first-order chi connectivity index (χ1) is 7.94. The average molecular weight is 240 g/mol. The number of nitrogens with one attached hydrogen (secondary N) is 1. The van der Waals surface area contributed by atoms with Crippen LogP contribution in [0.3, 0.4) is 0 Å². The number of hydrogen-bond acceptors (Lipinski definition) is 6. The fourth-order valence-corrected chi connectivity index (χ4v) is 1.09. The quantitative estimate of drug-likeness (QED) is 0.847. The van der Waals surface area contributed by atoms with Crippen LogP contribution in [0.2, 0.25) is 0 Å². The summed E-state index contributed by atoms with van der Waals surface area (Å²) in [7, 11) is 0. The molecule has 96 valence electrons. The maximum absolute atomic E-state index is 5.59. The normalized spacial score (nSPS) is 11.1. The molecule has 1 rings (SSSR count). The van der Waals surface area contributed by atoms with Gasteiger partial charge < -0.3 is 14.8 Å². The molecular weight excluding hydrogens is 220 g/mol. The highest BCUT2D eigenvalue weighted by atomic mass is 16.5. The predicted octanol–water partition coefficient (Wildman–Crippen LogP) is 1.88. The van der Waals surface area contributed by atoms with Crippen LogP contribution in [0.5, 0.6) is 12.0 Å². The zero-order chi connectivity index (χ0) is 12.9. The lowest BCUT2D eigenvalue weighted by Gasteiger charge is -2.19. The second kappa shape index (κ2) is 5.65. The molecule has 6 nitrogen and oxygen atoms in total. The van der Waals surface area contributed by atoms with E-state index in [0.29, 0.717) is 12.6 Å². The Morgan fingerprint density at radius 1 is 1.06 bits per heavy atom. The summed E-state index contributed by atoms with van der Waals surface area (Å²) in [5, 5.41) is 3.01. The highest BCUT2D eigenvalue weighted by Crippen LogP contribution is 2.17. The fourth-order valence-electron chi connectivity index (χ4n) is 1.09. The maximum atomic E-state index is 5.59. The summed E-state index contributed by atoms with van der Waals surface area (Å²) < 4.78 is 10.9. The summed E-state index contributed by atoms with van der Waals surface area (Å²) >= 11 is 0. The smallest absolute Gasteiger partial charge is 0.324 e. The molecular formula is C11H20N4O2. The van der Waals surface area contributed by atoms with Gasteiger partial charge >= 0.3 is 12.0 Å². The van der Waals surface area contributed by atoms with Crippen molar-refractivity contribution in [2.75, 3.05) is 18.5 Å². The van der Waals surface area contributed by atoms with E-state index in [0.717, 1.165) is 6.54 Å². The van der Waals surface area contributed by atoms with Gasteiger partial charge in [0.05, 0.1) is 6.61 Å². The third-order valence-corrected chi connectivity index (χ3v) is 1.60. The molecule has 0 amide bonds. The molecule has 17 heavy (non-hydrogen) atoms. The van der Waals surface area contributed by atoms with Crippen molar-refractivity contribution in [3.05, 3.63) is 0 Å². The van der Waals surface area contributed by atoms with Crippen LogP contribution in [-0.2, 0) is 0 Å². The molecule has 1 aromatic rings. The van der Waals surface area contributed by atoms with Crippen LogP contribution in [0.25, 0.3) is 0 Å². The van der Waals surface area contributed by atoms with Gasteiger partial charge in [0.15, 0.2) is 0 Å². The van der Waals surface area contributed by atoms with Crippen LogP contribution in [0.4, 0.5) is 5.95 Å². The largest absolute Gasteiger partial charge is 0.464 e. The molecule has 1 heterocycles. The van der Waals surface area contributed by atoms with Crippen LogP contribution in [0.1, 0.15) is 34.6 Å². The van der Waals surface area contributed by atoms with Gasteiger partial charge in [-0.2, -0.15) is 9.97 Å². The Morgan fingerprint density at radius 2 is 1.71 bits per heavy atom. The molecule has 0 atom stereocenters. The summed E-state index contributed by atoms with van der Waals surface area (Å²) in [5.41, 5.74) is -0.353. The van der Waals surface area contributed by atoms with Gasteiger partial charge in [-0.3, -0.25) is 0 Å². The summed E-state index contributed by atoms with van der Waals surface area (Å²) in [5.74, 6) is 0.463. The van der Waals surface area contributed by atoms with Crippen molar-refractivity contribution in [2.45, 2.75) is 40.2 Å². The van der Waals surface area contributed by atoms with Crippen molar-refractivity contribution in [1.29, 1.82) is 0 Å². The Kier molecular flexibility index (Phi) is 4.48. The van der Waals surface area contributed by atoms with Crippen LogP contribution in [0.15, 0.2) is 0 Å². The van der Waals surface area contributed by atoms with E-state index in [1.807, 2.05) is 34.6 Å². The first-order valence-electron chi connectivity index (χ1n) is 5.76. The van der Waals surface area contributed by atoms with Gasteiger partial charge in [-0.05, 0) is 34.6 Å². The summed E-state index contributed by atoms with van der Waals surface area (Å²) in [6.07, 6.45) is 0. The van der Waals surface area contributed by atoms with E-state index in [2.05, 4.69) is 20.3 Å². The van der Waals surface area contributed by atoms with E-state index >= 15 is 0 Å². The van der Waals surface area contributed by atoms with Gasteiger partial charge in [-0.1, -0.05) is 0 Å². The molecule has 0 unspecified atom stereocenters. The predicted molar refractivity (Wildman–Crippen MR) is 65.5 cm³/mol. The molecule has 0 fully saturated rings. The summed E-state index contributed by atoms with van der Waals surface area (Å²) in [6, 6.07) is 0.546. The Morgan fingerprint density at radius 3 is 2.24 bits per heavy atom. The molecule has 0 spiro atoms. The van der Waals surface area contributed by atoms with Gasteiger partial charge in [-0.25, -0.2) is 0 Å². The molecule has 0 saturated heterocycles. The summed E-state index contributed by atoms with van der Waals surface area (Å²) in [4.78, 5) is 12.3. The highest BCUT2D eigenvalue weighted by molar-refractivity contribution is 5.27. The zero-order valence-corrected chi connectivity index (χ0v) is 11.1. The third-order valence-electron chi connectivity index (χ3n) is 1.60. The molecule has 1 N–H and O–H groups in total. The van der Waals surface area contributed by atoms with Crippen LogP contribution in [-0.4, -0.2) is 33.7 Å². The van der Waals surface area contributed by atoms with Crippen LogP contribution < -0.4 is 14.8 Å². The van der Waals surface area contributed by atoms with E-state index in [9.17, 15) is 0 Å². The maximum Gasteiger partial charge on any atom is 0.324 e. The van der Waals surface area contributed by atoms with Crippen molar-refractivity contribution in [3.63, 3.8) is 0 Å². The molecule has 0 radical (unpaired) electrons. The minimum absolute atomic E-state index is 0.270. The molecule has 0 saturated carbocycles. The number of anilines is 1. The van der Waals surface area contributed by atoms with Crippen LogP contribution >= 0.6 is 0 Å². The third kappa shape index (κ3) is 4.84. The molecule has 0 aromatic carbocycles. The van der Waals surface area contributed by atoms with Crippen molar-refractivity contribution in [1.82, 2.24) is 15.0 Å². The molecule has 1 aromatic heterocycles. The van der Waals surface area contributed by atoms with Crippen LogP contribution in [0, 0.1) is 0 Å². The standard InChI is InChI=1S/C11H20N4O2/c1-6-12-8-13-9(16-7-2)15-10(14-8)17-11(3,4)5/h6-7H2,1-5H3,(H,12,13,14,15). The highest BCUT2D eigenvalue weighted by Gasteiger charge is 2.16. The number of nitrogens with zero attached hydrogens (tertiary/aromatic N) is 3.